The van der Waals surface area contributed by atoms with Gasteiger partial charge in [-0.3, -0.25) is 0 Å². The van der Waals surface area contributed by atoms with Crippen molar-refractivity contribution in [1.29, 1.82) is 0 Å². The van der Waals surface area contributed by atoms with Crippen LogP contribution in [0.15, 0.2) is 152 Å². The van der Waals surface area contributed by atoms with Crippen molar-refractivity contribution in [2.24, 2.45) is 0 Å². The summed E-state index contributed by atoms with van der Waals surface area (Å²) in [6, 6.07) is 52.0. The Hall–Kier alpha value is -6.15. The summed E-state index contributed by atoms with van der Waals surface area (Å²) < 4.78 is 4.60. The zero-order chi connectivity index (χ0) is 33.0. The summed E-state index contributed by atoms with van der Waals surface area (Å²) in [4.78, 5) is 25.8. The molecular formula is C43H25N5S2. The van der Waals surface area contributed by atoms with Crippen LogP contribution in [-0.4, -0.2) is 24.9 Å². The fourth-order valence-electron chi connectivity index (χ4n) is 6.67. The van der Waals surface area contributed by atoms with Crippen LogP contribution in [0.4, 0.5) is 0 Å². The van der Waals surface area contributed by atoms with E-state index < -0.39 is 0 Å². The molecule has 10 aromatic rings. The largest absolute Gasteiger partial charge is 0.226 e. The highest BCUT2D eigenvalue weighted by molar-refractivity contribution is 7.26. The van der Waals surface area contributed by atoms with E-state index in [1.54, 1.807) is 22.7 Å². The smallest absolute Gasteiger partial charge is 0.164 e. The Morgan fingerprint density at radius 1 is 0.340 bits per heavy atom. The molecule has 4 heterocycles. The topological polar surface area (TPSA) is 64.5 Å². The fourth-order valence-corrected chi connectivity index (χ4v) is 8.98. The van der Waals surface area contributed by atoms with Gasteiger partial charge in [0.25, 0.3) is 0 Å². The van der Waals surface area contributed by atoms with Crippen LogP contribution in [0.2, 0.25) is 0 Å². The van der Waals surface area contributed by atoms with Crippen molar-refractivity contribution in [2.75, 3.05) is 0 Å². The van der Waals surface area contributed by atoms with Crippen LogP contribution < -0.4 is 0 Å². The molecule has 0 aliphatic carbocycles. The standard InChI is InChI=1S/C43H25N5S2/c1-4-14-26(15-5-1)37-39-38(29-20-10-11-23-32(29)50-39)45-42(44-37)30-21-12-24-33-35(30)36-31(22-13-25-34(36)49-33)43-47-40(27-16-6-2-7-17-27)46-41(48-43)28-18-8-3-9-19-28/h1-25H. The number of hydrogen-bond acceptors (Lipinski definition) is 7. The molecule has 7 heteroatoms. The van der Waals surface area contributed by atoms with Crippen molar-refractivity contribution >= 4 is 63.1 Å². The summed E-state index contributed by atoms with van der Waals surface area (Å²) in [5, 5.41) is 3.33. The summed E-state index contributed by atoms with van der Waals surface area (Å²) >= 11 is 3.51. The summed E-state index contributed by atoms with van der Waals surface area (Å²) in [5.74, 6) is 2.60. The van der Waals surface area contributed by atoms with Gasteiger partial charge in [-0.1, -0.05) is 133 Å². The molecule has 0 N–H and O–H groups in total. The van der Waals surface area contributed by atoms with Gasteiger partial charge in [0.2, 0.25) is 0 Å². The molecule has 0 saturated heterocycles. The number of hydrogen-bond donors (Lipinski definition) is 0. The number of rotatable bonds is 5. The van der Waals surface area contributed by atoms with Crippen molar-refractivity contribution in [3.8, 4) is 56.8 Å². The molecule has 0 saturated carbocycles. The van der Waals surface area contributed by atoms with Crippen molar-refractivity contribution < 1.29 is 0 Å². The summed E-state index contributed by atoms with van der Waals surface area (Å²) in [6.45, 7) is 0. The van der Waals surface area contributed by atoms with Crippen LogP contribution in [0.25, 0.3) is 97.3 Å². The normalized spacial score (nSPS) is 11.6. The van der Waals surface area contributed by atoms with Gasteiger partial charge in [-0.25, -0.2) is 24.9 Å². The van der Waals surface area contributed by atoms with E-state index in [0.29, 0.717) is 23.3 Å². The van der Waals surface area contributed by atoms with Crippen molar-refractivity contribution in [2.45, 2.75) is 0 Å². The van der Waals surface area contributed by atoms with Gasteiger partial charge in [0.1, 0.15) is 0 Å². The number of nitrogens with zero attached hydrogens (tertiary/aromatic N) is 5. The lowest BCUT2D eigenvalue weighted by Gasteiger charge is -2.11. The molecule has 0 amide bonds. The zero-order valence-electron chi connectivity index (χ0n) is 26.5. The Morgan fingerprint density at radius 2 is 0.820 bits per heavy atom. The number of aromatic nitrogens is 5. The molecule has 10 rings (SSSR count). The van der Waals surface area contributed by atoms with Crippen LogP contribution in [-0.2, 0) is 0 Å². The van der Waals surface area contributed by atoms with E-state index in [1.807, 2.05) is 66.7 Å². The maximum absolute atomic E-state index is 5.35. The Balaban J connectivity index is 1.26. The molecule has 0 aliphatic rings. The van der Waals surface area contributed by atoms with Crippen LogP contribution in [0.3, 0.4) is 0 Å². The molecule has 0 aliphatic heterocycles. The first-order valence-corrected chi connectivity index (χ1v) is 18.0. The molecule has 0 fully saturated rings. The van der Waals surface area contributed by atoms with E-state index in [1.165, 1.54) is 4.70 Å². The molecule has 234 valence electrons. The Morgan fingerprint density at radius 3 is 1.42 bits per heavy atom. The van der Waals surface area contributed by atoms with Gasteiger partial charge in [0, 0.05) is 58.1 Å². The molecule has 0 atom stereocenters. The van der Waals surface area contributed by atoms with Gasteiger partial charge in [0.05, 0.1) is 15.9 Å². The average Bonchev–Trinajstić information content (AvgIpc) is 3.77. The highest BCUT2D eigenvalue weighted by atomic mass is 32.1. The predicted octanol–water partition coefficient (Wildman–Crippen LogP) is 11.7. The summed E-state index contributed by atoms with van der Waals surface area (Å²) in [5.41, 5.74) is 6.80. The summed E-state index contributed by atoms with van der Waals surface area (Å²) in [6.07, 6.45) is 0. The molecule has 4 aromatic heterocycles. The third kappa shape index (κ3) is 4.78. The average molecular weight is 676 g/mol. The molecule has 0 spiro atoms. The minimum atomic E-state index is 0.628. The summed E-state index contributed by atoms with van der Waals surface area (Å²) in [7, 11) is 0. The van der Waals surface area contributed by atoms with E-state index in [-0.39, 0.29) is 0 Å². The first kappa shape index (κ1) is 28.8. The lowest BCUT2D eigenvalue weighted by Crippen LogP contribution is -2.00. The molecule has 6 aromatic carbocycles. The lowest BCUT2D eigenvalue weighted by molar-refractivity contribution is 1.08. The highest BCUT2D eigenvalue weighted by Gasteiger charge is 2.22. The first-order valence-electron chi connectivity index (χ1n) is 16.3. The maximum atomic E-state index is 5.35. The van der Waals surface area contributed by atoms with E-state index in [4.69, 9.17) is 24.9 Å². The lowest BCUT2D eigenvalue weighted by atomic mass is 10.0. The first-order chi connectivity index (χ1) is 24.8. The second-order valence-corrected chi connectivity index (χ2v) is 14.2. The minimum absolute atomic E-state index is 0.628. The fraction of sp³-hybridized carbons (Fsp3) is 0. The van der Waals surface area contributed by atoms with Gasteiger partial charge >= 0.3 is 0 Å². The Labute approximate surface area is 295 Å². The monoisotopic (exact) mass is 675 g/mol. The van der Waals surface area contributed by atoms with Crippen LogP contribution in [0.1, 0.15) is 0 Å². The van der Waals surface area contributed by atoms with Crippen LogP contribution >= 0.6 is 22.7 Å². The van der Waals surface area contributed by atoms with Crippen molar-refractivity contribution in [3.63, 3.8) is 0 Å². The SMILES string of the molecule is c1ccc(-c2nc(-c3ccccc3)nc(-c3cccc4sc5cccc(-c6nc(-c7ccccc7)c7sc8ccccc8c7n6)c5c34)n2)cc1. The van der Waals surface area contributed by atoms with Gasteiger partial charge in [-0.2, -0.15) is 0 Å². The minimum Gasteiger partial charge on any atom is -0.226 e. The zero-order valence-corrected chi connectivity index (χ0v) is 28.1. The molecular weight excluding hydrogens is 651 g/mol. The second-order valence-electron chi connectivity index (χ2n) is 12.0. The molecule has 50 heavy (non-hydrogen) atoms. The molecule has 5 nitrogen and oxygen atoms in total. The third-order valence-corrected chi connectivity index (χ3v) is 11.3. The number of benzene rings is 6. The van der Waals surface area contributed by atoms with Crippen molar-refractivity contribution in [3.05, 3.63) is 152 Å². The van der Waals surface area contributed by atoms with Gasteiger partial charge in [-0.05, 0) is 18.2 Å². The predicted molar refractivity (Wildman–Crippen MR) is 208 cm³/mol. The van der Waals surface area contributed by atoms with Crippen LogP contribution in [0.5, 0.6) is 0 Å². The third-order valence-electron chi connectivity index (χ3n) is 8.97. The van der Waals surface area contributed by atoms with Gasteiger partial charge < -0.3 is 0 Å². The van der Waals surface area contributed by atoms with Crippen molar-refractivity contribution in [1.82, 2.24) is 24.9 Å². The molecule has 0 unspecified atom stereocenters. The van der Waals surface area contributed by atoms with E-state index >= 15 is 0 Å². The molecule has 0 radical (unpaired) electrons. The highest BCUT2D eigenvalue weighted by Crippen LogP contribution is 2.45. The van der Waals surface area contributed by atoms with E-state index in [9.17, 15) is 0 Å². The van der Waals surface area contributed by atoms with Gasteiger partial charge in [-0.15, -0.1) is 22.7 Å². The van der Waals surface area contributed by atoms with Crippen LogP contribution in [0, 0.1) is 0 Å². The number of fused-ring (bicyclic) bond motifs is 6. The Kier molecular flexibility index (Phi) is 6.79. The van der Waals surface area contributed by atoms with E-state index in [0.717, 1.165) is 69.3 Å². The molecule has 0 bridgehead atoms. The maximum Gasteiger partial charge on any atom is 0.164 e. The second kappa shape index (κ2) is 11.8. The Bertz CT molecular complexity index is 2810. The number of thiophene rings is 2. The quantitative estimate of drug-likeness (QED) is 0.182. The van der Waals surface area contributed by atoms with Gasteiger partial charge in [0.15, 0.2) is 23.3 Å². The van der Waals surface area contributed by atoms with E-state index in [2.05, 4.69) is 84.9 Å².